The maximum absolute atomic E-state index is 11.2. The van der Waals surface area contributed by atoms with E-state index >= 15 is 0 Å². The van der Waals surface area contributed by atoms with Gasteiger partial charge in [-0.3, -0.25) is 4.79 Å². The van der Waals surface area contributed by atoms with Crippen LogP contribution in [-0.4, -0.2) is 39.7 Å². The molecule has 1 N–H and O–H groups in total. The predicted molar refractivity (Wildman–Crippen MR) is 45.7 cm³/mol. The van der Waals surface area contributed by atoms with Gasteiger partial charge in [0.1, 0.15) is 0 Å². The number of rotatable bonds is 2. The molecule has 3 nitrogen and oxygen atoms in total. The number of amides is 1. The topological polar surface area (TPSA) is 40.5 Å². The summed E-state index contributed by atoms with van der Waals surface area (Å²) in [6.07, 6.45) is 0. The molecule has 1 rings (SSSR count). The number of carbonyl (C=O) groups excluding carboxylic acids is 1. The van der Waals surface area contributed by atoms with Crippen molar-refractivity contribution in [1.82, 2.24) is 4.90 Å². The van der Waals surface area contributed by atoms with Gasteiger partial charge in [-0.25, -0.2) is 0 Å². The first-order valence-corrected chi connectivity index (χ1v) is 4.61. The van der Waals surface area contributed by atoms with Crippen LogP contribution in [0.3, 0.4) is 0 Å². The third-order valence-electron chi connectivity index (χ3n) is 1.73. The zero-order valence-electron chi connectivity index (χ0n) is 6.78. The lowest BCUT2D eigenvalue weighted by molar-refractivity contribution is 0.208. The van der Waals surface area contributed by atoms with Crippen molar-refractivity contribution < 1.29 is 9.90 Å². The van der Waals surface area contributed by atoms with Crippen molar-refractivity contribution in [3.05, 3.63) is 0 Å². The Labute approximate surface area is 70.8 Å². The highest BCUT2D eigenvalue weighted by atomic mass is 32.2. The Morgan fingerprint density at radius 1 is 1.82 bits per heavy atom. The zero-order chi connectivity index (χ0) is 8.43. The monoisotopic (exact) mass is 175 g/mol. The molecule has 1 atom stereocenters. The normalized spacial score (nSPS) is 25.3. The van der Waals surface area contributed by atoms with Crippen molar-refractivity contribution in [2.75, 3.05) is 13.2 Å². The Hall–Kier alpha value is -0.220. The number of hydrogen-bond acceptors (Lipinski definition) is 3. The molecule has 0 aromatic rings. The predicted octanol–water partition coefficient (Wildman–Crippen LogP) is 0.924. The molecule has 1 fully saturated rings. The summed E-state index contributed by atoms with van der Waals surface area (Å²) in [5, 5.41) is 8.97. The Bertz CT molecular complexity index is 161. The lowest BCUT2D eigenvalue weighted by atomic mass is 10.3. The van der Waals surface area contributed by atoms with Gasteiger partial charge in [-0.05, 0) is 13.8 Å². The number of thioether (sulfide) groups is 1. The molecular formula is C7H13NO2S. The fraction of sp³-hybridized carbons (Fsp3) is 0.857. The average Bonchev–Trinajstić information content (AvgIpc) is 2.30. The Morgan fingerprint density at radius 3 is 2.73 bits per heavy atom. The molecule has 0 spiro atoms. The highest BCUT2D eigenvalue weighted by Gasteiger charge is 2.31. The molecule has 64 valence electrons. The first-order valence-electron chi connectivity index (χ1n) is 3.73. The Morgan fingerprint density at radius 2 is 2.45 bits per heavy atom. The van der Waals surface area contributed by atoms with Crippen LogP contribution < -0.4 is 0 Å². The van der Waals surface area contributed by atoms with E-state index in [0.29, 0.717) is 6.54 Å². The third-order valence-corrected chi connectivity index (χ3v) is 2.80. The van der Waals surface area contributed by atoms with Crippen molar-refractivity contribution in [2.24, 2.45) is 0 Å². The lowest BCUT2D eigenvalue weighted by Gasteiger charge is -2.19. The molecule has 0 aromatic carbocycles. The molecule has 4 heteroatoms. The van der Waals surface area contributed by atoms with Gasteiger partial charge in [-0.15, -0.1) is 0 Å². The van der Waals surface area contributed by atoms with Crippen LogP contribution >= 0.6 is 11.8 Å². The minimum absolute atomic E-state index is 0.0879. The van der Waals surface area contributed by atoms with Crippen LogP contribution in [-0.2, 0) is 0 Å². The summed E-state index contributed by atoms with van der Waals surface area (Å²) in [6, 6.07) is 0.256. The van der Waals surface area contributed by atoms with Crippen LogP contribution in [0.25, 0.3) is 0 Å². The van der Waals surface area contributed by atoms with Crippen LogP contribution in [0.5, 0.6) is 0 Å². The van der Waals surface area contributed by atoms with Gasteiger partial charge in [-0.2, -0.15) is 0 Å². The fourth-order valence-corrected chi connectivity index (χ4v) is 2.07. The molecule has 1 aliphatic rings. The van der Waals surface area contributed by atoms with Crippen LogP contribution in [0.1, 0.15) is 13.8 Å². The second-order valence-corrected chi connectivity index (χ2v) is 4.19. The maximum Gasteiger partial charge on any atom is 0.282 e. The van der Waals surface area contributed by atoms with Crippen LogP contribution in [0.2, 0.25) is 0 Å². The van der Waals surface area contributed by atoms with E-state index in [1.54, 1.807) is 4.90 Å². The van der Waals surface area contributed by atoms with Gasteiger partial charge in [0.2, 0.25) is 0 Å². The number of aliphatic hydroxyl groups excluding tert-OH is 1. The van der Waals surface area contributed by atoms with E-state index in [2.05, 4.69) is 0 Å². The second kappa shape index (κ2) is 3.45. The van der Waals surface area contributed by atoms with E-state index in [4.69, 9.17) is 5.11 Å². The molecule has 0 bridgehead atoms. The minimum Gasteiger partial charge on any atom is -0.395 e. The van der Waals surface area contributed by atoms with Crippen molar-refractivity contribution >= 4 is 17.0 Å². The van der Waals surface area contributed by atoms with Gasteiger partial charge in [0.25, 0.3) is 5.24 Å². The summed E-state index contributed by atoms with van der Waals surface area (Å²) >= 11 is 1.24. The van der Waals surface area contributed by atoms with Gasteiger partial charge in [0.05, 0.1) is 11.9 Å². The van der Waals surface area contributed by atoms with Crippen molar-refractivity contribution in [3.63, 3.8) is 0 Å². The van der Waals surface area contributed by atoms with Crippen molar-refractivity contribution in [2.45, 2.75) is 25.1 Å². The van der Waals surface area contributed by atoms with Crippen LogP contribution in [0.4, 0.5) is 4.79 Å². The third kappa shape index (κ3) is 1.87. The summed E-state index contributed by atoms with van der Waals surface area (Å²) in [5.41, 5.74) is 0. The highest BCUT2D eigenvalue weighted by molar-refractivity contribution is 8.14. The largest absolute Gasteiger partial charge is 0.395 e. The molecule has 11 heavy (non-hydrogen) atoms. The molecule has 0 aromatic heterocycles. The smallest absolute Gasteiger partial charge is 0.282 e. The van der Waals surface area contributed by atoms with Crippen molar-refractivity contribution in [3.8, 4) is 0 Å². The summed E-state index contributed by atoms with van der Waals surface area (Å²) in [7, 11) is 0. The fourth-order valence-electron chi connectivity index (χ4n) is 1.06. The van der Waals surface area contributed by atoms with E-state index in [0.717, 1.165) is 0 Å². The van der Waals surface area contributed by atoms with Gasteiger partial charge < -0.3 is 10.0 Å². The van der Waals surface area contributed by atoms with E-state index in [-0.39, 0.29) is 23.1 Å². The summed E-state index contributed by atoms with van der Waals surface area (Å²) in [6.45, 7) is 4.76. The minimum atomic E-state index is 0.0879. The van der Waals surface area contributed by atoms with Gasteiger partial charge in [-0.1, -0.05) is 11.8 Å². The standard InChI is InChI=1S/C7H13NO2S/c1-5(2)8-3-6(4-9)11-7(8)10/h5-6,9H,3-4H2,1-2H3. The average molecular weight is 175 g/mol. The summed E-state index contributed by atoms with van der Waals surface area (Å²) in [4.78, 5) is 12.9. The van der Waals surface area contributed by atoms with E-state index in [1.807, 2.05) is 13.8 Å². The zero-order valence-corrected chi connectivity index (χ0v) is 7.60. The molecule has 0 aliphatic carbocycles. The Balaban J connectivity index is 2.52. The maximum atomic E-state index is 11.2. The second-order valence-electron chi connectivity index (χ2n) is 2.93. The van der Waals surface area contributed by atoms with Crippen LogP contribution in [0.15, 0.2) is 0 Å². The van der Waals surface area contributed by atoms with E-state index < -0.39 is 0 Å². The summed E-state index contributed by atoms with van der Waals surface area (Å²) < 4.78 is 0. The number of carbonyl (C=O) groups is 1. The molecule has 1 aliphatic heterocycles. The SMILES string of the molecule is CC(C)N1CC(CO)SC1=O. The number of nitrogens with zero attached hydrogens (tertiary/aromatic N) is 1. The quantitative estimate of drug-likeness (QED) is 0.678. The molecule has 1 amide bonds. The summed E-state index contributed by atoms with van der Waals surface area (Å²) in [5.74, 6) is 0. The Kier molecular flexibility index (Phi) is 2.78. The van der Waals surface area contributed by atoms with E-state index in [9.17, 15) is 4.79 Å². The first kappa shape index (κ1) is 8.87. The molecule has 1 saturated heterocycles. The highest BCUT2D eigenvalue weighted by Crippen LogP contribution is 2.26. The first-order chi connectivity index (χ1) is 5.15. The van der Waals surface area contributed by atoms with Gasteiger partial charge in [0, 0.05) is 12.6 Å². The number of aliphatic hydroxyl groups is 1. The molecular weight excluding hydrogens is 162 g/mol. The molecule has 0 saturated carbocycles. The lowest BCUT2D eigenvalue weighted by Crippen LogP contribution is -2.32. The van der Waals surface area contributed by atoms with Crippen LogP contribution in [0, 0.1) is 0 Å². The number of hydrogen-bond donors (Lipinski definition) is 1. The molecule has 1 unspecified atom stereocenters. The van der Waals surface area contributed by atoms with E-state index in [1.165, 1.54) is 11.8 Å². The molecule has 0 radical (unpaired) electrons. The van der Waals surface area contributed by atoms with Crippen molar-refractivity contribution in [1.29, 1.82) is 0 Å². The van der Waals surface area contributed by atoms with Gasteiger partial charge >= 0.3 is 0 Å². The molecule has 1 heterocycles. The van der Waals surface area contributed by atoms with Gasteiger partial charge in [0.15, 0.2) is 0 Å².